The van der Waals surface area contributed by atoms with Gasteiger partial charge in [-0.3, -0.25) is 4.72 Å². The summed E-state index contributed by atoms with van der Waals surface area (Å²) in [6, 6.07) is 0. The molecule has 0 aromatic carbocycles. The van der Waals surface area contributed by atoms with Gasteiger partial charge in [-0.05, 0) is 22.9 Å². The van der Waals surface area contributed by atoms with Crippen molar-refractivity contribution in [2.24, 2.45) is 0 Å². The minimum absolute atomic E-state index is 0.599. The van der Waals surface area contributed by atoms with Crippen LogP contribution >= 0.6 is 10.8 Å². The number of hydrogen-bond acceptors (Lipinski definition) is 5. The summed E-state index contributed by atoms with van der Waals surface area (Å²) < 4.78 is 12.7. The highest BCUT2D eigenvalue weighted by molar-refractivity contribution is 8.27. The topological polar surface area (TPSA) is 64.6 Å². The molecule has 0 radical (unpaired) electrons. The lowest BCUT2D eigenvalue weighted by molar-refractivity contribution is -0.129. The van der Waals surface area contributed by atoms with Crippen LogP contribution in [0.25, 0.3) is 0 Å². The first-order valence-electron chi connectivity index (χ1n) is 3.79. The van der Waals surface area contributed by atoms with Gasteiger partial charge in [0.25, 0.3) is 0 Å². The number of carbonyl (C=O) groups excluding carboxylic acids is 2. The second-order valence-electron chi connectivity index (χ2n) is 2.49. The van der Waals surface area contributed by atoms with Gasteiger partial charge in [-0.25, -0.2) is 9.59 Å². The molecule has 0 saturated heterocycles. The first-order valence-corrected chi connectivity index (χ1v) is 5.34. The van der Waals surface area contributed by atoms with Crippen LogP contribution in [0.2, 0.25) is 0 Å². The Labute approximate surface area is 81.9 Å². The summed E-state index contributed by atoms with van der Waals surface area (Å²) in [5.74, 6) is -1.20. The molecular weight excluding hydrogens is 206 g/mol. The monoisotopic (exact) mass is 213 g/mol. The molecule has 0 atom stereocenters. The minimum atomic E-state index is -2.41. The fourth-order valence-electron chi connectivity index (χ4n) is 0.934. The van der Waals surface area contributed by atoms with Crippen molar-refractivity contribution in [3.63, 3.8) is 0 Å². The predicted octanol–water partition coefficient (Wildman–Crippen LogP) is 0.823. The molecule has 2 rings (SSSR count). The summed E-state index contributed by atoms with van der Waals surface area (Å²) in [5, 5.41) is 1.52. The van der Waals surface area contributed by atoms with Gasteiger partial charge in [-0.2, -0.15) is 0 Å². The Balaban J connectivity index is 2.28. The van der Waals surface area contributed by atoms with Crippen molar-refractivity contribution >= 4 is 22.7 Å². The number of nitrogens with one attached hydrogen (secondary N) is 1. The van der Waals surface area contributed by atoms with Crippen molar-refractivity contribution < 1.29 is 18.0 Å². The van der Waals surface area contributed by atoms with Crippen LogP contribution in [0.1, 0.15) is 0 Å². The summed E-state index contributed by atoms with van der Waals surface area (Å²) in [4.78, 5) is 22.2. The largest absolute Gasteiger partial charge is 0.356 e. The van der Waals surface area contributed by atoms with Crippen molar-refractivity contribution in [2.45, 2.75) is 0 Å². The lowest BCUT2D eigenvalue weighted by atomic mass is 10.5. The first-order chi connectivity index (χ1) is 6.70. The van der Waals surface area contributed by atoms with Crippen molar-refractivity contribution in [2.75, 3.05) is 0 Å². The molecule has 14 heavy (non-hydrogen) atoms. The van der Waals surface area contributed by atoms with E-state index in [0.29, 0.717) is 0 Å². The van der Waals surface area contributed by atoms with E-state index in [1.54, 1.807) is 18.4 Å². The molecule has 0 amide bonds. The van der Waals surface area contributed by atoms with Crippen LogP contribution < -0.4 is 4.72 Å². The maximum Gasteiger partial charge on any atom is 0.356 e. The van der Waals surface area contributed by atoms with E-state index in [1.807, 2.05) is 0 Å². The third kappa shape index (κ3) is 1.64. The van der Waals surface area contributed by atoms with Gasteiger partial charge in [0, 0.05) is 18.4 Å². The molecule has 0 fully saturated rings. The molecular formula is C8H7NO4S. The first kappa shape index (κ1) is 8.89. The third-order valence-electron chi connectivity index (χ3n) is 1.46. The molecule has 1 spiro atoms. The molecule has 5 nitrogen and oxygen atoms in total. The van der Waals surface area contributed by atoms with Crippen LogP contribution in [0.3, 0.4) is 0 Å². The van der Waals surface area contributed by atoms with Crippen LogP contribution in [0.4, 0.5) is 0 Å². The summed E-state index contributed by atoms with van der Waals surface area (Å²) in [5.41, 5.74) is 0. The van der Waals surface area contributed by atoms with E-state index in [0.717, 1.165) is 12.2 Å². The van der Waals surface area contributed by atoms with Gasteiger partial charge in [0.1, 0.15) is 0 Å². The average molecular weight is 213 g/mol. The summed E-state index contributed by atoms with van der Waals surface area (Å²) in [6.45, 7) is 0. The fraction of sp³-hybridized carbons (Fsp3) is 0. The van der Waals surface area contributed by atoms with E-state index >= 15 is 0 Å². The Morgan fingerprint density at radius 2 is 1.71 bits per heavy atom. The average Bonchev–Trinajstić information content (AvgIpc) is 2.27. The van der Waals surface area contributed by atoms with E-state index in [2.05, 4.69) is 4.72 Å². The maximum atomic E-state index is 11.1. The van der Waals surface area contributed by atoms with Crippen molar-refractivity contribution in [3.05, 3.63) is 35.9 Å². The van der Waals surface area contributed by atoms with Gasteiger partial charge >= 0.3 is 11.9 Å². The van der Waals surface area contributed by atoms with Gasteiger partial charge in [-0.1, -0.05) is 0 Å². The molecule has 0 aliphatic carbocycles. The van der Waals surface area contributed by atoms with Crippen molar-refractivity contribution in [1.29, 1.82) is 0 Å². The molecule has 0 aromatic rings. The second-order valence-corrected chi connectivity index (χ2v) is 4.42. The highest BCUT2D eigenvalue weighted by Crippen LogP contribution is 2.50. The normalized spacial score (nSPS) is 24.9. The van der Waals surface area contributed by atoms with Crippen molar-refractivity contribution in [1.82, 2.24) is 4.72 Å². The predicted molar refractivity (Wildman–Crippen MR) is 50.3 cm³/mol. The highest BCUT2D eigenvalue weighted by atomic mass is 32.3. The molecule has 2 heterocycles. The van der Waals surface area contributed by atoms with Gasteiger partial charge < -0.3 is 8.37 Å². The molecule has 2 aliphatic heterocycles. The third-order valence-corrected chi connectivity index (χ3v) is 3.27. The second kappa shape index (κ2) is 3.22. The minimum Gasteiger partial charge on any atom is -0.319 e. The SMILES string of the molecule is O=C1C=CC(=O)OS2(C=CC=CN2)O1. The van der Waals surface area contributed by atoms with Crippen LogP contribution in [0.15, 0.2) is 35.9 Å². The number of hydrogen-bond donors (Lipinski definition) is 1. The van der Waals surface area contributed by atoms with E-state index < -0.39 is 22.7 Å². The Hall–Kier alpha value is -1.69. The molecule has 1 N–H and O–H groups in total. The maximum absolute atomic E-state index is 11.1. The zero-order valence-corrected chi connectivity index (χ0v) is 7.82. The fourth-order valence-corrected chi connectivity index (χ4v) is 2.42. The lowest BCUT2D eigenvalue weighted by Crippen LogP contribution is -2.22. The van der Waals surface area contributed by atoms with E-state index in [1.165, 1.54) is 5.41 Å². The van der Waals surface area contributed by atoms with E-state index in [-0.39, 0.29) is 0 Å². The standard InChI is InChI=1S/C8H7NO4S/c10-7-3-4-8(11)13-14(12-7)6-2-1-5-9-14/h1-6,9H. The molecule has 0 unspecified atom stereocenters. The van der Waals surface area contributed by atoms with Gasteiger partial charge in [0.05, 0.1) is 5.41 Å². The van der Waals surface area contributed by atoms with Crippen LogP contribution in [0.5, 0.6) is 0 Å². The van der Waals surface area contributed by atoms with Gasteiger partial charge in [0.15, 0.2) is 0 Å². The van der Waals surface area contributed by atoms with Crippen molar-refractivity contribution in [3.8, 4) is 0 Å². The summed E-state index contributed by atoms with van der Waals surface area (Å²) in [7, 11) is -2.41. The molecule has 2 aliphatic rings. The van der Waals surface area contributed by atoms with E-state index in [4.69, 9.17) is 8.37 Å². The smallest absolute Gasteiger partial charge is 0.319 e. The Kier molecular flexibility index (Phi) is 2.05. The molecule has 0 bridgehead atoms. The van der Waals surface area contributed by atoms with E-state index in [9.17, 15) is 9.59 Å². The van der Waals surface area contributed by atoms with Gasteiger partial charge in [0.2, 0.25) is 0 Å². The highest BCUT2D eigenvalue weighted by Gasteiger charge is 2.27. The molecule has 6 heteroatoms. The quantitative estimate of drug-likeness (QED) is 0.645. The Morgan fingerprint density at radius 3 is 2.21 bits per heavy atom. The van der Waals surface area contributed by atoms with Crippen LogP contribution in [-0.2, 0) is 18.0 Å². The van der Waals surface area contributed by atoms with Crippen LogP contribution in [0, 0.1) is 0 Å². The zero-order valence-electron chi connectivity index (χ0n) is 7.01. The molecule has 0 saturated carbocycles. The zero-order chi connectivity index (χ0) is 10.0. The number of rotatable bonds is 0. The number of allylic oxidation sites excluding steroid dienone is 2. The number of carbonyl (C=O) groups is 2. The summed E-state index contributed by atoms with van der Waals surface area (Å²) in [6.07, 6.45) is 6.99. The molecule has 74 valence electrons. The Morgan fingerprint density at radius 1 is 1.07 bits per heavy atom. The van der Waals surface area contributed by atoms with Gasteiger partial charge in [-0.15, -0.1) is 0 Å². The lowest BCUT2D eigenvalue weighted by Gasteiger charge is -2.37. The summed E-state index contributed by atoms with van der Waals surface area (Å²) >= 11 is 0. The molecule has 0 aromatic heterocycles. The van der Waals surface area contributed by atoms with Crippen LogP contribution in [-0.4, -0.2) is 11.9 Å². The Bertz CT molecular complexity index is 352.